The first-order chi connectivity index (χ1) is 9.06. The van der Waals surface area contributed by atoms with Crippen molar-refractivity contribution < 1.29 is 14.3 Å². The maximum absolute atomic E-state index is 13.2. The first kappa shape index (κ1) is 12.9. The van der Waals surface area contributed by atoms with Crippen LogP contribution in [0.2, 0.25) is 0 Å². The molecule has 0 spiro atoms. The Morgan fingerprint density at radius 3 is 2.68 bits per heavy atom. The Morgan fingerprint density at radius 2 is 2.11 bits per heavy atom. The van der Waals surface area contributed by atoms with Gasteiger partial charge in [0.05, 0.1) is 5.69 Å². The number of aliphatic carboxylic acids is 1. The maximum Gasteiger partial charge on any atom is 0.322 e. The number of hydrogen-bond acceptors (Lipinski definition) is 4. The van der Waals surface area contributed by atoms with E-state index in [2.05, 4.69) is 15.5 Å². The molecule has 0 saturated heterocycles. The minimum atomic E-state index is -0.972. The Balaban J connectivity index is 2.17. The van der Waals surface area contributed by atoms with Gasteiger partial charge in [-0.05, 0) is 42.8 Å². The van der Waals surface area contributed by atoms with Crippen LogP contribution in [0.15, 0.2) is 30.3 Å². The molecule has 5 nitrogen and oxygen atoms in total. The molecular formula is C13H12FN3O2. The highest BCUT2D eigenvalue weighted by atomic mass is 19.1. The van der Waals surface area contributed by atoms with Crippen molar-refractivity contribution in [1.82, 2.24) is 10.2 Å². The Bertz CT molecular complexity index is 599. The van der Waals surface area contributed by atoms with Gasteiger partial charge in [-0.2, -0.15) is 0 Å². The second-order valence-corrected chi connectivity index (χ2v) is 4.02. The Kier molecular flexibility index (Phi) is 3.70. The number of rotatable bonds is 4. The molecule has 19 heavy (non-hydrogen) atoms. The molecule has 1 heterocycles. The summed E-state index contributed by atoms with van der Waals surface area (Å²) in [6.45, 7) is 1.46. The average molecular weight is 261 g/mol. The largest absolute Gasteiger partial charge is 0.480 e. The number of hydrogen-bond donors (Lipinski definition) is 2. The van der Waals surface area contributed by atoms with E-state index in [0.29, 0.717) is 17.1 Å². The van der Waals surface area contributed by atoms with E-state index in [4.69, 9.17) is 5.11 Å². The van der Waals surface area contributed by atoms with E-state index in [1.165, 1.54) is 6.07 Å². The zero-order valence-electron chi connectivity index (χ0n) is 10.2. The predicted molar refractivity (Wildman–Crippen MR) is 68.3 cm³/mol. The van der Waals surface area contributed by atoms with Crippen LogP contribution in [0, 0.1) is 12.7 Å². The van der Waals surface area contributed by atoms with E-state index < -0.39 is 5.97 Å². The SMILES string of the molecule is Cc1cc(-c2ccc(NCC(=O)O)nn2)ccc1F. The summed E-state index contributed by atoms with van der Waals surface area (Å²) in [5, 5.41) is 19.0. The molecule has 0 unspecified atom stereocenters. The number of halogens is 1. The van der Waals surface area contributed by atoms with Crippen molar-refractivity contribution in [2.24, 2.45) is 0 Å². The number of nitrogens with one attached hydrogen (secondary N) is 1. The average Bonchev–Trinajstić information content (AvgIpc) is 2.40. The van der Waals surface area contributed by atoms with Crippen molar-refractivity contribution in [1.29, 1.82) is 0 Å². The monoisotopic (exact) mass is 261 g/mol. The highest BCUT2D eigenvalue weighted by Crippen LogP contribution is 2.19. The van der Waals surface area contributed by atoms with E-state index in [0.717, 1.165) is 5.56 Å². The minimum Gasteiger partial charge on any atom is -0.480 e. The van der Waals surface area contributed by atoms with Gasteiger partial charge in [-0.15, -0.1) is 10.2 Å². The molecule has 0 saturated carbocycles. The Labute approximate surface area is 109 Å². The van der Waals surface area contributed by atoms with Gasteiger partial charge in [0.15, 0.2) is 0 Å². The van der Waals surface area contributed by atoms with Gasteiger partial charge in [0.2, 0.25) is 0 Å². The highest BCUT2D eigenvalue weighted by Gasteiger charge is 2.04. The zero-order chi connectivity index (χ0) is 13.8. The van der Waals surface area contributed by atoms with Gasteiger partial charge in [0.25, 0.3) is 0 Å². The summed E-state index contributed by atoms with van der Waals surface area (Å²) < 4.78 is 13.2. The number of nitrogens with zero attached hydrogens (tertiary/aromatic N) is 2. The van der Waals surface area contributed by atoms with Gasteiger partial charge in [-0.25, -0.2) is 4.39 Å². The molecule has 2 aromatic rings. The van der Waals surface area contributed by atoms with Crippen LogP contribution in [0.3, 0.4) is 0 Å². The summed E-state index contributed by atoms with van der Waals surface area (Å²) >= 11 is 0. The van der Waals surface area contributed by atoms with Crippen molar-refractivity contribution >= 4 is 11.8 Å². The zero-order valence-corrected chi connectivity index (χ0v) is 10.2. The molecule has 0 fully saturated rings. The second kappa shape index (κ2) is 5.43. The number of aromatic nitrogens is 2. The molecule has 0 atom stereocenters. The molecule has 1 aromatic carbocycles. The highest BCUT2D eigenvalue weighted by molar-refractivity contribution is 5.72. The summed E-state index contributed by atoms with van der Waals surface area (Å²) in [7, 11) is 0. The number of aryl methyl sites for hydroxylation is 1. The summed E-state index contributed by atoms with van der Waals surface area (Å²) in [4.78, 5) is 10.4. The fraction of sp³-hybridized carbons (Fsp3) is 0.154. The minimum absolute atomic E-state index is 0.219. The quantitative estimate of drug-likeness (QED) is 0.881. The molecule has 0 aliphatic heterocycles. The lowest BCUT2D eigenvalue weighted by atomic mass is 10.1. The van der Waals surface area contributed by atoms with Gasteiger partial charge in [-0.1, -0.05) is 0 Å². The number of carbonyl (C=O) groups is 1. The molecule has 98 valence electrons. The van der Waals surface area contributed by atoms with Crippen LogP contribution in [0.1, 0.15) is 5.56 Å². The van der Waals surface area contributed by atoms with Gasteiger partial charge in [0, 0.05) is 5.56 Å². The summed E-state index contributed by atoms with van der Waals surface area (Å²) in [5.41, 5.74) is 1.90. The van der Waals surface area contributed by atoms with E-state index in [9.17, 15) is 9.18 Å². The molecule has 1 aromatic heterocycles. The lowest BCUT2D eigenvalue weighted by molar-refractivity contribution is -0.134. The standard InChI is InChI=1S/C13H12FN3O2/c1-8-6-9(2-3-10(8)14)11-4-5-12(17-16-11)15-7-13(18)19/h2-6H,7H2,1H3,(H,15,17)(H,18,19). The molecule has 0 aliphatic carbocycles. The van der Waals surface area contributed by atoms with Crippen LogP contribution < -0.4 is 5.32 Å². The molecule has 2 N–H and O–H groups in total. The third kappa shape index (κ3) is 3.25. The van der Waals surface area contributed by atoms with Crippen molar-refractivity contribution in [3.63, 3.8) is 0 Å². The summed E-state index contributed by atoms with van der Waals surface area (Å²) in [6.07, 6.45) is 0. The molecule has 0 bridgehead atoms. The van der Waals surface area contributed by atoms with Crippen molar-refractivity contribution in [2.75, 3.05) is 11.9 Å². The first-order valence-corrected chi connectivity index (χ1v) is 5.62. The van der Waals surface area contributed by atoms with Crippen LogP contribution in [0.4, 0.5) is 10.2 Å². The molecule has 6 heteroatoms. The van der Waals surface area contributed by atoms with Crippen LogP contribution in [0.5, 0.6) is 0 Å². The first-order valence-electron chi connectivity index (χ1n) is 5.62. The number of carboxylic acids is 1. The molecule has 0 amide bonds. The lowest BCUT2D eigenvalue weighted by Crippen LogP contribution is -2.13. The smallest absolute Gasteiger partial charge is 0.322 e. The van der Waals surface area contributed by atoms with Gasteiger partial charge in [0.1, 0.15) is 18.2 Å². The topological polar surface area (TPSA) is 75.1 Å². The van der Waals surface area contributed by atoms with Crippen LogP contribution in [-0.4, -0.2) is 27.8 Å². The summed E-state index contributed by atoms with van der Waals surface area (Å²) in [5.74, 6) is -0.860. The fourth-order valence-corrected chi connectivity index (χ4v) is 1.55. The van der Waals surface area contributed by atoms with Crippen molar-refractivity contribution in [3.8, 4) is 11.3 Å². The number of benzene rings is 1. The second-order valence-electron chi connectivity index (χ2n) is 4.02. The normalized spacial score (nSPS) is 10.2. The van der Waals surface area contributed by atoms with Crippen LogP contribution in [0.25, 0.3) is 11.3 Å². The molecule has 0 aliphatic rings. The molecular weight excluding hydrogens is 249 g/mol. The fourth-order valence-electron chi connectivity index (χ4n) is 1.55. The Hall–Kier alpha value is -2.50. The van der Waals surface area contributed by atoms with E-state index >= 15 is 0 Å². The van der Waals surface area contributed by atoms with Crippen LogP contribution in [-0.2, 0) is 4.79 Å². The molecule has 0 radical (unpaired) electrons. The number of anilines is 1. The summed E-state index contributed by atoms with van der Waals surface area (Å²) in [6, 6.07) is 8.01. The number of carboxylic acid groups (broad SMARTS) is 1. The van der Waals surface area contributed by atoms with Gasteiger partial charge < -0.3 is 10.4 Å². The predicted octanol–water partition coefficient (Wildman–Crippen LogP) is 2.09. The van der Waals surface area contributed by atoms with Crippen molar-refractivity contribution in [3.05, 3.63) is 41.7 Å². The maximum atomic E-state index is 13.2. The lowest BCUT2D eigenvalue weighted by Gasteiger charge is -2.04. The van der Waals surface area contributed by atoms with E-state index in [-0.39, 0.29) is 12.4 Å². The third-order valence-corrected chi connectivity index (χ3v) is 2.54. The van der Waals surface area contributed by atoms with Crippen LogP contribution >= 0.6 is 0 Å². The molecule has 2 rings (SSSR count). The van der Waals surface area contributed by atoms with E-state index in [1.807, 2.05) is 0 Å². The Morgan fingerprint density at radius 1 is 1.32 bits per heavy atom. The van der Waals surface area contributed by atoms with Crippen molar-refractivity contribution in [2.45, 2.75) is 6.92 Å². The van der Waals surface area contributed by atoms with E-state index in [1.54, 1.807) is 31.2 Å². The third-order valence-electron chi connectivity index (χ3n) is 2.54. The van der Waals surface area contributed by atoms with Gasteiger partial charge in [-0.3, -0.25) is 4.79 Å². The van der Waals surface area contributed by atoms with Gasteiger partial charge >= 0.3 is 5.97 Å².